The van der Waals surface area contributed by atoms with E-state index in [1.165, 1.54) is 18.2 Å². The second kappa shape index (κ2) is 6.44. The number of halogens is 4. The summed E-state index contributed by atoms with van der Waals surface area (Å²) >= 11 is 5.86. The first-order valence-corrected chi connectivity index (χ1v) is 5.83. The Bertz CT molecular complexity index is 551. The van der Waals surface area contributed by atoms with E-state index in [1.807, 2.05) is 0 Å². The average Bonchev–Trinajstić information content (AvgIpc) is 2.38. The molecule has 0 saturated carbocycles. The normalized spacial score (nSPS) is 12.3. The van der Waals surface area contributed by atoms with E-state index in [0.29, 0.717) is 4.90 Å². The van der Waals surface area contributed by atoms with Crippen molar-refractivity contribution in [1.82, 2.24) is 4.90 Å². The Kier molecular flexibility index (Phi) is 5.17. The third-order valence-corrected chi connectivity index (χ3v) is 2.81. The van der Waals surface area contributed by atoms with Gasteiger partial charge in [0.25, 0.3) is 0 Å². The smallest absolute Gasteiger partial charge is 0.311 e. The fraction of sp³-hybridized carbons (Fsp3) is 0.231. The van der Waals surface area contributed by atoms with Gasteiger partial charge in [0.05, 0.1) is 6.07 Å². The number of rotatable bonds is 4. The molecular weight excluding hydrogens is 293 g/mol. The van der Waals surface area contributed by atoms with Crippen molar-refractivity contribution in [2.24, 2.45) is 0 Å². The van der Waals surface area contributed by atoms with Crippen LogP contribution < -0.4 is 0 Å². The predicted octanol–water partition coefficient (Wildman–Crippen LogP) is 3.48. The van der Waals surface area contributed by atoms with E-state index in [2.05, 4.69) is 6.58 Å². The van der Waals surface area contributed by atoms with Crippen LogP contribution in [0.1, 0.15) is 11.6 Å². The Hall–Kier alpha value is -2.00. The molecule has 1 aromatic rings. The minimum absolute atomic E-state index is 0.114. The molecule has 1 amide bonds. The first-order chi connectivity index (χ1) is 9.32. The van der Waals surface area contributed by atoms with Crippen LogP contribution in [0.2, 0.25) is 5.02 Å². The molecule has 1 rings (SSSR count). The number of nitriles is 1. The van der Waals surface area contributed by atoms with Gasteiger partial charge < -0.3 is 4.90 Å². The Morgan fingerprint density at radius 2 is 2.10 bits per heavy atom. The molecule has 20 heavy (non-hydrogen) atoms. The molecule has 0 fully saturated rings. The van der Waals surface area contributed by atoms with Crippen LogP contribution in [0.3, 0.4) is 0 Å². The van der Waals surface area contributed by atoms with E-state index in [-0.39, 0.29) is 10.6 Å². The number of hydrogen-bond acceptors (Lipinski definition) is 2. The SMILES string of the molecule is C=CCN(C(=O)C(F)(F)F)C(C#N)c1ccccc1Cl. The molecule has 0 aliphatic rings. The summed E-state index contributed by atoms with van der Waals surface area (Å²) < 4.78 is 37.7. The minimum atomic E-state index is -5.07. The molecule has 1 atom stereocenters. The fourth-order valence-electron chi connectivity index (χ4n) is 1.61. The van der Waals surface area contributed by atoms with Crippen LogP contribution >= 0.6 is 11.6 Å². The maximum atomic E-state index is 12.6. The van der Waals surface area contributed by atoms with Gasteiger partial charge >= 0.3 is 12.1 Å². The van der Waals surface area contributed by atoms with Gasteiger partial charge in [0, 0.05) is 17.1 Å². The van der Waals surface area contributed by atoms with E-state index in [9.17, 15) is 18.0 Å². The molecule has 0 spiro atoms. The van der Waals surface area contributed by atoms with E-state index in [1.54, 1.807) is 12.1 Å². The number of nitrogens with zero attached hydrogens (tertiary/aromatic N) is 2. The highest BCUT2D eigenvalue weighted by Crippen LogP contribution is 2.30. The number of carbonyl (C=O) groups excluding carboxylic acids is 1. The fourth-order valence-corrected chi connectivity index (χ4v) is 1.85. The molecule has 3 nitrogen and oxygen atoms in total. The molecule has 106 valence electrons. The van der Waals surface area contributed by atoms with Crippen LogP contribution in [0.4, 0.5) is 13.2 Å². The van der Waals surface area contributed by atoms with Gasteiger partial charge in [0.15, 0.2) is 0 Å². The van der Waals surface area contributed by atoms with Gasteiger partial charge in [0.2, 0.25) is 0 Å². The number of alkyl halides is 3. The summed E-state index contributed by atoms with van der Waals surface area (Å²) in [5.74, 6) is -2.11. The van der Waals surface area contributed by atoms with Gasteiger partial charge in [-0.15, -0.1) is 6.58 Å². The van der Waals surface area contributed by atoms with E-state index in [0.717, 1.165) is 6.08 Å². The first-order valence-electron chi connectivity index (χ1n) is 5.45. The van der Waals surface area contributed by atoms with Crippen LogP contribution in [-0.2, 0) is 4.79 Å². The standard InChI is InChI=1S/C13H10ClF3N2O/c1-2-7-19(12(20)13(15,16)17)11(8-18)9-5-3-4-6-10(9)14/h2-6,11H,1,7H2. The Morgan fingerprint density at radius 1 is 1.50 bits per heavy atom. The summed E-state index contributed by atoms with van der Waals surface area (Å²) in [6.07, 6.45) is -3.95. The number of benzene rings is 1. The lowest BCUT2D eigenvalue weighted by molar-refractivity contribution is -0.186. The van der Waals surface area contributed by atoms with Crippen LogP contribution in [0.25, 0.3) is 0 Å². The van der Waals surface area contributed by atoms with Crippen LogP contribution in [0, 0.1) is 11.3 Å². The molecule has 7 heteroatoms. The maximum absolute atomic E-state index is 12.6. The molecule has 1 aromatic carbocycles. The zero-order valence-corrected chi connectivity index (χ0v) is 10.9. The van der Waals surface area contributed by atoms with Crippen molar-refractivity contribution in [3.05, 3.63) is 47.5 Å². The summed E-state index contributed by atoms with van der Waals surface area (Å²) in [4.78, 5) is 11.8. The monoisotopic (exact) mass is 302 g/mol. The summed E-state index contributed by atoms with van der Waals surface area (Å²) in [7, 11) is 0. The molecule has 0 bridgehead atoms. The van der Waals surface area contributed by atoms with Gasteiger partial charge in [-0.25, -0.2) is 0 Å². The van der Waals surface area contributed by atoms with Crippen LogP contribution in [0.5, 0.6) is 0 Å². The highest BCUT2D eigenvalue weighted by atomic mass is 35.5. The lowest BCUT2D eigenvalue weighted by Crippen LogP contribution is -2.43. The lowest BCUT2D eigenvalue weighted by Gasteiger charge is -2.27. The van der Waals surface area contributed by atoms with Gasteiger partial charge in [-0.05, 0) is 6.07 Å². The molecule has 0 N–H and O–H groups in total. The van der Waals surface area contributed by atoms with Crippen molar-refractivity contribution in [3.8, 4) is 6.07 Å². The van der Waals surface area contributed by atoms with E-state index in [4.69, 9.17) is 16.9 Å². The number of carbonyl (C=O) groups is 1. The van der Waals surface area contributed by atoms with Crippen molar-refractivity contribution >= 4 is 17.5 Å². The Balaban J connectivity index is 3.25. The zero-order valence-electron chi connectivity index (χ0n) is 10.2. The third-order valence-electron chi connectivity index (χ3n) is 2.46. The molecule has 0 aliphatic carbocycles. The highest BCUT2D eigenvalue weighted by Gasteiger charge is 2.44. The molecule has 0 heterocycles. The topological polar surface area (TPSA) is 44.1 Å². The van der Waals surface area contributed by atoms with Gasteiger partial charge in [-0.1, -0.05) is 35.9 Å². The Morgan fingerprint density at radius 3 is 2.55 bits per heavy atom. The number of amides is 1. The molecule has 0 aromatic heterocycles. The van der Waals surface area contributed by atoms with Gasteiger partial charge in [-0.3, -0.25) is 4.79 Å². The van der Waals surface area contributed by atoms with Crippen molar-refractivity contribution in [2.45, 2.75) is 12.2 Å². The van der Waals surface area contributed by atoms with Crippen LogP contribution in [-0.4, -0.2) is 23.5 Å². The first kappa shape index (κ1) is 16.1. The molecule has 0 radical (unpaired) electrons. The van der Waals surface area contributed by atoms with Crippen LogP contribution in [0.15, 0.2) is 36.9 Å². The molecular formula is C13H10ClF3N2O. The zero-order chi connectivity index (χ0) is 15.3. The third kappa shape index (κ3) is 3.52. The second-order valence-corrected chi connectivity index (χ2v) is 4.20. The van der Waals surface area contributed by atoms with E-state index < -0.39 is 24.7 Å². The summed E-state index contributed by atoms with van der Waals surface area (Å²) in [6.45, 7) is 2.88. The van der Waals surface area contributed by atoms with Crippen molar-refractivity contribution < 1.29 is 18.0 Å². The quantitative estimate of drug-likeness (QED) is 0.799. The largest absolute Gasteiger partial charge is 0.471 e. The molecule has 1 unspecified atom stereocenters. The molecule has 0 saturated heterocycles. The highest BCUT2D eigenvalue weighted by molar-refractivity contribution is 6.31. The Labute approximate surface area is 118 Å². The number of hydrogen-bond donors (Lipinski definition) is 0. The van der Waals surface area contributed by atoms with Crippen molar-refractivity contribution in [3.63, 3.8) is 0 Å². The van der Waals surface area contributed by atoms with Gasteiger partial charge in [-0.2, -0.15) is 18.4 Å². The molecule has 0 aliphatic heterocycles. The summed E-state index contributed by atoms with van der Waals surface area (Å²) in [5.41, 5.74) is 0.135. The van der Waals surface area contributed by atoms with Crippen molar-refractivity contribution in [2.75, 3.05) is 6.54 Å². The maximum Gasteiger partial charge on any atom is 0.471 e. The van der Waals surface area contributed by atoms with Gasteiger partial charge in [0.1, 0.15) is 6.04 Å². The van der Waals surface area contributed by atoms with Crippen molar-refractivity contribution in [1.29, 1.82) is 5.26 Å². The second-order valence-electron chi connectivity index (χ2n) is 3.80. The predicted molar refractivity (Wildman–Crippen MR) is 67.8 cm³/mol. The average molecular weight is 303 g/mol. The summed E-state index contributed by atoms with van der Waals surface area (Å²) in [6, 6.07) is 6.17. The van der Waals surface area contributed by atoms with E-state index >= 15 is 0 Å². The lowest BCUT2D eigenvalue weighted by atomic mass is 10.1. The summed E-state index contributed by atoms with van der Waals surface area (Å²) in [5, 5.41) is 9.23. The minimum Gasteiger partial charge on any atom is -0.311 e.